The third-order valence-electron chi connectivity index (χ3n) is 4.17. The van der Waals surface area contributed by atoms with Crippen LogP contribution in [0.3, 0.4) is 0 Å². The average Bonchev–Trinajstić information content (AvgIpc) is 2.72. The first-order valence-electron chi connectivity index (χ1n) is 9.86. The summed E-state index contributed by atoms with van der Waals surface area (Å²) in [5, 5.41) is 15.9. The summed E-state index contributed by atoms with van der Waals surface area (Å²) in [5.41, 5.74) is 0.218. The summed E-state index contributed by atoms with van der Waals surface area (Å²) in [5.74, 6) is -0.608. The van der Waals surface area contributed by atoms with Gasteiger partial charge in [0.15, 0.2) is 0 Å². The van der Waals surface area contributed by atoms with Crippen LogP contribution in [0, 0.1) is 5.41 Å². The molecule has 0 saturated carbocycles. The molecule has 0 fully saturated rings. The number of benzene rings is 1. The van der Waals surface area contributed by atoms with Crippen molar-refractivity contribution >= 4 is 29.7 Å². The summed E-state index contributed by atoms with van der Waals surface area (Å²) in [6, 6.07) is 11.2. The molecule has 0 saturated heterocycles. The molecule has 1 radical (unpaired) electrons. The van der Waals surface area contributed by atoms with Crippen molar-refractivity contribution in [1.82, 2.24) is 4.98 Å². The van der Waals surface area contributed by atoms with Gasteiger partial charge in [0.2, 0.25) is 0 Å². The smallest absolute Gasteiger partial charge is 0.337 e. The van der Waals surface area contributed by atoms with E-state index in [0.29, 0.717) is 12.2 Å². The van der Waals surface area contributed by atoms with Crippen molar-refractivity contribution in [1.29, 1.82) is 0 Å². The number of pyridine rings is 1. The number of rotatable bonds is 8. The van der Waals surface area contributed by atoms with Crippen LogP contribution in [0.5, 0.6) is 0 Å². The Kier molecular flexibility index (Phi) is 13.3. The molecule has 1 heterocycles. The van der Waals surface area contributed by atoms with Gasteiger partial charge in [0.25, 0.3) is 0 Å². The minimum atomic E-state index is -1.00. The number of nitrogens with zero attached hydrogens (tertiary/aromatic N) is 1. The summed E-state index contributed by atoms with van der Waals surface area (Å²) in [7, 11) is 1.00. The zero-order valence-corrected chi connectivity index (χ0v) is 23.2. The second kappa shape index (κ2) is 13.9. The molecule has 0 aliphatic rings. The van der Waals surface area contributed by atoms with Crippen molar-refractivity contribution in [3.63, 3.8) is 0 Å². The van der Waals surface area contributed by atoms with Crippen LogP contribution in [0.25, 0.3) is 0 Å². The molecular formula is C23H32N2O5SY. The van der Waals surface area contributed by atoms with Crippen LogP contribution in [0.2, 0.25) is 0 Å². The fourth-order valence-electron chi connectivity index (χ4n) is 2.43. The number of aromatic carboxylic acids is 1. The van der Waals surface area contributed by atoms with E-state index in [1.54, 1.807) is 6.07 Å². The van der Waals surface area contributed by atoms with Gasteiger partial charge in [0.1, 0.15) is 11.4 Å². The summed E-state index contributed by atoms with van der Waals surface area (Å²) >= 11 is 1.40. The molecule has 0 aliphatic heterocycles. The molecule has 2 aromatic rings. The molecule has 0 unspecified atom stereocenters. The number of aromatic nitrogens is 1. The standard InChI is InChI=1S/C22H28N2O4S.CH4O.Y/c1-21(2,3)28-20(27)22(4,5)12-11-15-7-6-8-17(13-15)29-24-18-10-9-16(14-23-18)19(25)26;1-2;/h6-10,13-14H,11-12H2,1-5H3,(H,23,24)(H,25,26);2H,1H3;. The van der Waals surface area contributed by atoms with Gasteiger partial charge < -0.3 is 19.7 Å². The first kappa shape index (κ1) is 30.5. The Balaban J connectivity index is 0.00000311. The number of aliphatic hydroxyl groups excluding tert-OH is 1. The van der Waals surface area contributed by atoms with E-state index in [0.717, 1.165) is 24.0 Å². The fourth-order valence-corrected chi connectivity index (χ4v) is 3.13. The molecule has 173 valence electrons. The number of aryl methyl sites for hydroxylation is 1. The van der Waals surface area contributed by atoms with Crippen LogP contribution in [-0.2, 0) is 48.7 Å². The Labute approximate surface area is 219 Å². The van der Waals surface area contributed by atoms with Crippen LogP contribution in [-0.4, -0.2) is 39.8 Å². The van der Waals surface area contributed by atoms with E-state index in [2.05, 4.69) is 15.8 Å². The topological polar surface area (TPSA) is 109 Å². The van der Waals surface area contributed by atoms with Crippen molar-refractivity contribution in [2.24, 2.45) is 5.41 Å². The number of esters is 1. The minimum Gasteiger partial charge on any atom is -0.478 e. The molecule has 0 atom stereocenters. The van der Waals surface area contributed by atoms with E-state index >= 15 is 0 Å². The predicted octanol–water partition coefficient (Wildman–Crippen LogP) is 4.81. The summed E-state index contributed by atoms with van der Waals surface area (Å²) in [6.45, 7) is 9.44. The first-order valence-corrected chi connectivity index (χ1v) is 10.7. The number of anilines is 1. The number of carboxylic acid groups (broad SMARTS) is 1. The van der Waals surface area contributed by atoms with E-state index < -0.39 is 17.0 Å². The molecule has 7 nitrogen and oxygen atoms in total. The Morgan fingerprint density at radius 1 is 1.09 bits per heavy atom. The Morgan fingerprint density at radius 2 is 1.75 bits per heavy atom. The number of carbonyl (C=O) groups is 2. The monoisotopic (exact) mass is 537 g/mol. The molecule has 9 heteroatoms. The van der Waals surface area contributed by atoms with Crippen LogP contribution >= 0.6 is 11.9 Å². The van der Waals surface area contributed by atoms with E-state index in [9.17, 15) is 9.59 Å². The minimum absolute atomic E-state index is 0. The number of hydrogen-bond acceptors (Lipinski definition) is 7. The van der Waals surface area contributed by atoms with Gasteiger partial charge >= 0.3 is 11.9 Å². The van der Waals surface area contributed by atoms with Crippen LogP contribution in [0.4, 0.5) is 5.82 Å². The molecule has 1 aromatic carbocycles. The van der Waals surface area contributed by atoms with Crippen molar-refractivity contribution in [2.45, 2.75) is 58.0 Å². The van der Waals surface area contributed by atoms with Gasteiger partial charge in [-0.15, -0.1) is 0 Å². The molecule has 2 rings (SSSR count). The first-order chi connectivity index (χ1) is 14.5. The van der Waals surface area contributed by atoms with E-state index in [1.165, 1.54) is 24.2 Å². The zero-order valence-electron chi connectivity index (χ0n) is 19.5. The predicted molar refractivity (Wildman–Crippen MR) is 123 cm³/mol. The maximum absolute atomic E-state index is 12.4. The molecule has 0 spiro atoms. The van der Waals surface area contributed by atoms with Gasteiger partial charge in [0.05, 0.1) is 11.0 Å². The number of carboxylic acids is 1. The van der Waals surface area contributed by atoms with Crippen molar-refractivity contribution < 1.29 is 57.2 Å². The molecule has 32 heavy (non-hydrogen) atoms. The second-order valence-electron chi connectivity index (χ2n) is 8.47. The van der Waals surface area contributed by atoms with Crippen molar-refractivity contribution in [3.8, 4) is 0 Å². The third kappa shape index (κ3) is 10.9. The maximum Gasteiger partial charge on any atom is 0.337 e. The van der Waals surface area contributed by atoms with Crippen molar-refractivity contribution in [3.05, 3.63) is 53.7 Å². The van der Waals surface area contributed by atoms with Gasteiger partial charge in [-0.05, 0) is 89.2 Å². The van der Waals surface area contributed by atoms with Crippen LogP contribution in [0.1, 0.15) is 57.0 Å². The number of ether oxygens (including phenoxy) is 1. The van der Waals surface area contributed by atoms with Crippen LogP contribution < -0.4 is 4.72 Å². The normalized spacial score (nSPS) is 10.8. The summed E-state index contributed by atoms with van der Waals surface area (Å²) in [4.78, 5) is 28.4. The molecule has 0 amide bonds. The van der Waals surface area contributed by atoms with Crippen LogP contribution in [0.15, 0.2) is 47.5 Å². The zero-order chi connectivity index (χ0) is 23.7. The summed E-state index contributed by atoms with van der Waals surface area (Å²) in [6.07, 6.45) is 2.76. The van der Waals surface area contributed by atoms with Gasteiger partial charge in [-0.3, -0.25) is 4.79 Å². The quantitative estimate of drug-likeness (QED) is 0.326. The number of nitrogens with one attached hydrogen (secondary N) is 1. The number of aliphatic hydroxyl groups is 1. The fraction of sp³-hybridized carbons (Fsp3) is 0.435. The van der Waals surface area contributed by atoms with E-state index in [-0.39, 0.29) is 44.2 Å². The molecular weight excluding hydrogens is 505 g/mol. The summed E-state index contributed by atoms with van der Waals surface area (Å²) < 4.78 is 8.64. The van der Waals surface area contributed by atoms with Gasteiger partial charge in [-0.2, -0.15) is 0 Å². The van der Waals surface area contributed by atoms with Gasteiger partial charge in [-0.25, -0.2) is 9.78 Å². The SMILES string of the molecule is CC(C)(C)OC(=O)C(C)(C)CCc1cccc(SNc2ccc(C(=O)O)cn2)c1.CO.[Y]. The molecule has 1 aromatic heterocycles. The van der Waals surface area contributed by atoms with E-state index in [4.69, 9.17) is 14.9 Å². The van der Waals surface area contributed by atoms with Crippen molar-refractivity contribution in [2.75, 3.05) is 11.8 Å². The largest absolute Gasteiger partial charge is 0.478 e. The van der Waals surface area contributed by atoms with Gasteiger partial charge in [-0.1, -0.05) is 12.1 Å². The maximum atomic E-state index is 12.4. The molecule has 3 N–H and O–H groups in total. The number of hydrogen-bond donors (Lipinski definition) is 3. The Hall–Kier alpha value is -1.48. The second-order valence-corrected chi connectivity index (χ2v) is 9.35. The molecule has 0 aliphatic carbocycles. The number of carbonyl (C=O) groups excluding carboxylic acids is 1. The Morgan fingerprint density at radius 3 is 2.28 bits per heavy atom. The van der Waals surface area contributed by atoms with E-state index in [1.807, 2.05) is 52.8 Å². The molecule has 0 bridgehead atoms. The average molecular weight is 537 g/mol. The third-order valence-corrected chi connectivity index (χ3v) is 4.97. The Bertz CT molecular complexity index is 867. The van der Waals surface area contributed by atoms with Gasteiger partial charge in [0, 0.05) is 50.9 Å².